The Morgan fingerprint density at radius 2 is 1.84 bits per heavy atom. The maximum absolute atomic E-state index is 12.3. The van der Waals surface area contributed by atoms with Crippen molar-refractivity contribution < 1.29 is 19.1 Å². The average molecular weight is 382 g/mol. The summed E-state index contributed by atoms with van der Waals surface area (Å²) in [5.41, 5.74) is 0.668. The molecule has 0 aromatic heterocycles. The molecule has 1 saturated heterocycles. The molecule has 0 radical (unpaired) electrons. The van der Waals surface area contributed by atoms with Crippen LogP contribution in [0.5, 0.6) is 5.75 Å². The molecule has 3 rings (SSSR count). The van der Waals surface area contributed by atoms with E-state index in [1.165, 1.54) is 6.07 Å². The van der Waals surface area contributed by atoms with Crippen LogP contribution in [0.2, 0.25) is 10.0 Å². The molecule has 0 bridgehead atoms. The number of morpholine rings is 1. The third kappa shape index (κ3) is 5.83. The largest absolute Gasteiger partial charge is 0.427 e. The molecule has 1 aliphatic heterocycles. The standard InChI is InChI=1S/C14H8Cl2O3.C4H9NO/c15-10-4-1-3-9(7-10)14(18)11-5-2-6-12(13(11)16)19-8-17;1-3-6-4-2-5-1/h1-8H;5H,1-4H2. The second kappa shape index (κ2) is 10.2. The fraction of sp³-hybridized carbons (Fsp3) is 0.222. The van der Waals surface area contributed by atoms with E-state index >= 15 is 0 Å². The molecule has 1 aliphatic rings. The van der Waals surface area contributed by atoms with Crippen molar-refractivity contribution in [2.45, 2.75) is 0 Å². The van der Waals surface area contributed by atoms with Crippen molar-refractivity contribution >= 4 is 35.5 Å². The fourth-order valence-electron chi connectivity index (χ4n) is 2.13. The Balaban J connectivity index is 0.000000316. The number of hydrogen-bond acceptors (Lipinski definition) is 5. The van der Waals surface area contributed by atoms with Crippen LogP contribution in [0.4, 0.5) is 0 Å². The first kappa shape index (κ1) is 19.4. The summed E-state index contributed by atoms with van der Waals surface area (Å²) in [6, 6.07) is 11.2. The van der Waals surface area contributed by atoms with Gasteiger partial charge in [0.15, 0.2) is 5.78 Å². The molecule has 2 aromatic rings. The van der Waals surface area contributed by atoms with E-state index in [0.717, 1.165) is 26.3 Å². The number of halogens is 2. The van der Waals surface area contributed by atoms with Gasteiger partial charge in [-0.2, -0.15) is 0 Å². The number of ether oxygens (including phenoxy) is 2. The maximum Gasteiger partial charge on any atom is 0.298 e. The predicted octanol–water partition coefficient (Wildman–Crippen LogP) is 3.37. The van der Waals surface area contributed by atoms with Gasteiger partial charge in [0, 0.05) is 29.2 Å². The van der Waals surface area contributed by atoms with Gasteiger partial charge in [-0.3, -0.25) is 9.59 Å². The number of ketones is 1. The SMILES string of the molecule is C1COCCN1.O=COc1cccc(C(=O)c2cccc(Cl)c2)c1Cl. The van der Waals surface area contributed by atoms with Crippen LogP contribution in [0.1, 0.15) is 15.9 Å². The van der Waals surface area contributed by atoms with Crippen LogP contribution in [0.15, 0.2) is 42.5 Å². The van der Waals surface area contributed by atoms with Gasteiger partial charge in [0.2, 0.25) is 0 Å². The lowest BCUT2D eigenvalue weighted by atomic mass is 10.0. The van der Waals surface area contributed by atoms with Gasteiger partial charge >= 0.3 is 0 Å². The first-order chi connectivity index (χ1) is 12.1. The van der Waals surface area contributed by atoms with Crippen LogP contribution >= 0.6 is 23.2 Å². The molecule has 1 fully saturated rings. The molecule has 5 nitrogen and oxygen atoms in total. The number of rotatable bonds is 4. The van der Waals surface area contributed by atoms with Gasteiger partial charge < -0.3 is 14.8 Å². The van der Waals surface area contributed by atoms with E-state index in [2.05, 4.69) is 5.32 Å². The van der Waals surface area contributed by atoms with Crippen LogP contribution < -0.4 is 10.1 Å². The molecule has 0 amide bonds. The zero-order chi connectivity index (χ0) is 18.1. The molecule has 25 heavy (non-hydrogen) atoms. The molecular formula is C18H17Cl2NO4. The quantitative estimate of drug-likeness (QED) is 0.649. The number of nitrogens with one attached hydrogen (secondary N) is 1. The number of carbonyl (C=O) groups is 2. The molecule has 1 heterocycles. The fourth-order valence-corrected chi connectivity index (χ4v) is 2.58. The molecule has 0 spiro atoms. The van der Waals surface area contributed by atoms with Crippen LogP contribution in [-0.4, -0.2) is 38.6 Å². The van der Waals surface area contributed by atoms with Crippen LogP contribution in [0, 0.1) is 0 Å². The summed E-state index contributed by atoms with van der Waals surface area (Å²) in [6.45, 7) is 4.09. The molecule has 0 atom stereocenters. The summed E-state index contributed by atoms with van der Waals surface area (Å²) in [7, 11) is 0. The summed E-state index contributed by atoms with van der Waals surface area (Å²) in [4.78, 5) is 22.6. The van der Waals surface area contributed by atoms with Crippen LogP contribution in [0.25, 0.3) is 0 Å². The Labute approximate surface area is 155 Å². The number of benzene rings is 2. The van der Waals surface area contributed by atoms with E-state index in [1.807, 2.05) is 0 Å². The second-order valence-corrected chi connectivity index (χ2v) is 5.85. The first-order valence-corrected chi connectivity index (χ1v) is 8.36. The summed E-state index contributed by atoms with van der Waals surface area (Å²) in [6.07, 6.45) is 0. The number of hydrogen-bond donors (Lipinski definition) is 1. The van der Waals surface area contributed by atoms with Crippen LogP contribution in [0.3, 0.4) is 0 Å². The first-order valence-electron chi connectivity index (χ1n) is 7.61. The minimum atomic E-state index is -0.288. The summed E-state index contributed by atoms with van der Waals surface area (Å²) in [5, 5.41) is 3.72. The molecule has 7 heteroatoms. The van der Waals surface area contributed by atoms with Crippen molar-refractivity contribution in [3.63, 3.8) is 0 Å². The highest BCUT2D eigenvalue weighted by molar-refractivity contribution is 6.36. The van der Waals surface area contributed by atoms with Crippen molar-refractivity contribution in [1.29, 1.82) is 0 Å². The molecule has 2 aromatic carbocycles. The average Bonchev–Trinajstić information content (AvgIpc) is 2.65. The highest BCUT2D eigenvalue weighted by atomic mass is 35.5. The van der Waals surface area contributed by atoms with E-state index in [1.54, 1.807) is 36.4 Å². The van der Waals surface area contributed by atoms with E-state index < -0.39 is 0 Å². The van der Waals surface area contributed by atoms with Gasteiger partial charge in [0.05, 0.1) is 18.2 Å². The van der Waals surface area contributed by atoms with Crippen molar-refractivity contribution in [2.75, 3.05) is 26.3 Å². The monoisotopic (exact) mass is 381 g/mol. The third-order valence-corrected chi connectivity index (χ3v) is 3.94. The molecule has 0 unspecified atom stereocenters. The minimum Gasteiger partial charge on any atom is -0.427 e. The highest BCUT2D eigenvalue weighted by Crippen LogP contribution is 2.29. The van der Waals surface area contributed by atoms with Gasteiger partial charge in [-0.1, -0.05) is 41.4 Å². The number of carbonyl (C=O) groups excluding carboxylic acids is 2. The van der Waals surface area contributed by atoms with E-state index in [-0.39, 0.29) is 28.6 Å². The normalized spacial score (nSPS) is 13.4. The Morgan fingerprint density at radius 3 is 2.40 bits per heavy atom. The van der Waals surface area contributed by atoms with Crippen LogP contribution in [-0.2, 0) is 9.53 Å². The Bertz CT molecular complexity index is 721. The lowest BCUT2D eigenvalue weighted by molar-refractivity contribution is -0.120. The van der Waals surface area contributed by atoms with E-state index in [0.29, 0.717) is 10.6 Å². The lowest BCUT2D eigenvalue weighted by Gasteiger charge is -2.10. The summed E-state index contributed by atoms with van der Waals surface area (Å²) >= 11 is 11.9. The van der Waals surface area contributed by atoms with Gasteiger partial charge in [-0.05, 0) is 24.3 Å². The van der Waals surface area contributed by atoms with Crippen molar-refractivity contribution in [3.05, 3.63) is 63.6 Å². The van der Waals surface area contributed by atoms with Crippen molar-refractivity contribution in [3.8, 4) is 5.75 Å². The topological polar surface area (TPSA) is 64.6 Å². The maximum atomic E-state index is 12.3. The molecular weight excluding hydrogens is 365 g/mol. The molecule has 0 saturated carbocycles. The Hall–Kier alpha value is -1.92. The van der Waals surface area contributed by atoms with Gasteiger partial charge in [0.25, 0.3) is 6.47 Å². The van der Waals surface area contributed by atoms with Gasteiger partial charge in [-0.15, -0.1) is 0 Å². The second-order valence-electron chi connectivity index (χ2n) is 5.03. The predicted molar refractivity (Wildman–Crippen MR) is 96.7 cm³/mol. The van der Waals surface area contributed by atoms with Gasteiger partial charge in [-0.25, -0.2) is 0 Å². The molecule has 132 valence electrons. The third-order valence-electron chi connectivity index (χ3n) is 3.32. The van der Waals surface area contributed by atoms with E-state index in [4.69, 9.17) is 32.7 Å². The Morgan fingerprint density at radius 1 is 1.12 bits per heavy atom. The minimum absolute atomic E-state index is 0.0968. The highest BCUT2D eigenvalue weighted by Gasteiger charge is 2.16. The zero-order valence-electron chi connectivity index (χ0n) is 13.3. The van der Waals surface area contributed by atoms with Crippen molar-refractivity contribution in [1.82, 2.24) is 5.32 Å². The molecule has 0 aliphatic carbocycles. The van der Waals surface area contributed by atoms with Crippen molar-refractivity contribution in [2.24, 2.45) is 0 Å². The zero-order valence-corrected chi connectivity index (χ0v) is 14.8. The van der Waals surface area contributed by atoms with Gasteiger partial charge in [0.1, 0.15) is 5.75 Å². The van der Waals surface area contributed by atoms with E-state index in [9.17, 15) is 9.59 Å². The molecule has 1 N–H and O–H groups in total. The summed E-state index contributed by atoms with van der Waals surface area (Å²) < 4.78 is 9.70. The summed E-state index contributed by atoms with van der Waals surface area (Å²) in [5.74, 6) is -0.145. The Kier molecular flexibility index (Phi) is 7.88. The lowest BCUT2D eigenvalue weighted by Crippen LogP contribution is -2.30. The smallest absolute Gasteiger partial charge is 0.298 e.